The lowest BCUT2D eigenvalue weighted by Crippen LogP contribution is -2.86. The molecule has 173 valence electrons. The third kappa shape index (κ3) is 3.08. The Hall–Kier alpha value is -1.00. The number of hydrazine groups is 2. The number of rotatable bonds is 0. The van der Waals surface area contributed by atoms with Gasteiger partial charge in [-0.15, -0.1) is 23.2 Å². The summed E-state index contributed by atoms with van der Waals surface area (Å²) >= 11 is 0. The second-order valence-electron chi connectivity index (χ2n) is 7.83. The Labute approximate surface area is 160 Å². The van der Waals surface area contributed by atoms with Crippen LogP contribution in [0.5, 0.6) is 0 Å². The summed E-state index contributed by atoms with van der Waals surface area (Å²) < 4.78 is 162. The molecule has 6 atom stereocenters. The van der Waals surface area contributed by atoms with Crippen molar-refractivity contribution in [2.24, 2.45) is 11.8 Å². The lowest BCUT2D eigenvalue weighted by molar-refractivity contribution is -0.475. The van der Waals surface area contributed by atoms with E-state index in [2.05, 4.69) is 0 Å². The average molecular weight is 466 g/mol. The van der Waals surface area contributed by atoms with Crippen LogP contribution in [0.15, 0.2) is 0 Å². The minimum absolute atomic E-state index is 0.501. The zero-order valence-corrected chi connectivity index (χ0v) is 14.6. The van der Waals surface area contributed by atoms with Gasteiger partial charge in [-0.25, -0.2) is 0 Å². The molecule has 2 unspecified atom stereocenters. The maximum atomic E-state index is 13.5. The molecule has 2 saturated carbocycles. The molecule has 0 aromatic heterocycles. The summed E-state index contributed by atoms with van der Waals surface area (Å²) in [5, 5.41) is -3.68. The van der Waals surface area contributed by atoms with E-state index in [0.29, 0.717) is 0 Å². The Morgan fingerprint density at radius 3 is 1.37 bits per heavy atom. The number of nitrogens with zero attached hydrogens (tertiary/aromatic N) is 4. The maximum Gasteiger partial charge on any atom is 0.629 e. The number of halogens is 12. The predicted molar refractivity (Wildman–Crippen MR) is 72.5 cm³/mol. The van der Waals surface area contributed by atoms with Crippen LogP contribution in [0, 0.1) is 11.8 Å². The highest BCUT2D eigenvalue weighted by Gasteiger charge is 2.80. The van der Waals surface area contributed by atoms with E-state index < -0.39 is 107 Å². The standard InChI is InChI=1S/C14H14F12N4/c15-11(16,17)27-5-1-2-6(28(27)12(18,19)20)10-8-4-3-7(9(5)10)29(13(21,22)23)30(8)14(24,25)26/h5-10H,1-4H2/q+1/t5-,6+,7+,8-,9?,10?. The van der Waals surface area contributed by atoms with Crippen LogP contribution in [0.1, 0.15) is 25.7 Å². The SMILES string of the molecule is FC(F)(F)N1[C@@H]2CC[C@@H](C3C2[C@@H]2CC[C@H]3[N+](C(F)(F)F)N2C(F)(F)F)N1C(F)(F)F. The van der Waals surface area contributed by atoms with Gasteiger partial charge in [0.05, 0.1) is 6.04 Å². The summed E-state index contributed by atoms with van der Waals surface area (Å²) in [6.45, 7) is 0. The fourth-order valence-electron chi connectivity index (χ4n) is 6.01. The van der Waals surface area contributed by atoms with E-state index in [9.17, 15) is 52.7 Å². The fourth-order valence-corrected chi connectivity index (χ4v) is 6.01. The second-order valence-corrected chi connectivity index (χ2v) is 7.83. The first-order valence-electron chi connectivity index (χ1n) is 8.89. The molecule has 6 rings (SSSR count). The van der Waals surface area contributed by atoms with Gasteiger partial charge in [0.25, 0.3) is 0 Å². The Kier molecular flexibility index (Phi) is 4.65. The topological polar surface area (TPSA) is 15.6 Å². The zero-order valence-electron chi connectivity index (χ0n) is 14.6. The first-order valence-corrected chi connectivity index (χ1v) is 8.89. The van der Waals surface area contributed by atoms with Crippen LogP contribution >= 0.6 is 0 Å². The highest BCUT2D eigenvalue weighted by Crippen LogP contribution is 2.60. The molecule has 0 aromatic rings. The van der Waals surface area contributed by atoms with Crippen molar-refractivity contribution in [1.82, 2.24) is 20.0 Å². The number of alkyl halides is 12. The molecule has 0 aromatic carbocycles. The van der Waals surface area contributed by atoms with Crippen LogP contribution in [0.2, 0.25) is 0 Å². The van der Waals surface area contributed by atoms with E-state index in [1.54, 1.807) is 0 Å². The van der Waals surface area contributed by atoms with Gasteiger partial charge in [0, 0.05) is 40.4 Å². The molecule has 0 amide bonds. The molecule has 4 bridgehead atoms. The van der Waals surface area contributed by atoms with Crippen molar-refractivity contribution in [3.05, 3.63) is 0 Å². The molecule has 0 spiro atoms. The third-order valence-corrected chi connectivity index (χ3v) is 6.50. The second kappa shape index (κ2) is 6.28. The van der Waals surface area contributed by atoms with E-state index >= 15 is 0 Å². The molecule has 1 radical (unpaired) electrons. The number of fused-ring (bicyclic) bond motifs is 4. The Bertz CT molecular complexity index is 570. The zero-order chi connectivity index (χ0) is 22.6. The highest BCUT2D eigenvalue weighted by atomic mass is 19.4. The maximum absolute atomic E-state index is 13.5. The largest absolute Gasteiger partial charge is 0.629 e. The molecule has 4 aliphatic heterocycles. The van der Waals surface area contributed by atoms with Gasteiger partial charge in [-0.3, -0.25) is 0 Å². The van der Waals surface area contributed by atoms with Crippen molar-refractivity contribution in [2.45, 2.75) is 75.1 Å². The van der Waals surface area contributed by atoms with E-state index in [1.807, 2.05) is 0 Å². The minimum atomic E-state index is -5.56. The van der Waals surface area contributed by atoms with Crippen LogP contribution in [0.3, 0.4) is 0 Å². The van der Waals surface area contributed by atoms with Crippen molar-refractivity contribution >= 4 is 0 Å². The first-order chi connectivity index (χ1) is 13.5. The van der Waals surface area contributed by atoms with Gasteiger partial charge in [-0.1, -0.05) is 0 Å². The molecule has 6 aliphatic rings. The first kappa shape index (κ1) is 22.2. The third-order valence-electron chi connectivity index (χ3n) is 6.50. The molecule has 4 saturated heterocycles. The van der Waals surface area contributed by atoms with E-state index in [-0.39, 0.29) is 0 Å². The smallest absolute Gasteiger partial charge is 0.154 e. The molecule has 2 aliphatic carbocycles. The number of hydrogen-bond acceptors (Lipinski definition) is 4. The average Bonchev–Trinajstić information content (AvgIpc) is 2.58. The predicted octanol–water partition coefficient (Wildman–Crippen LogP) is 4.26. The van der Waals surface area contributed by atoms with E-state index in [0.717, 1.165) is 0 Å². The van der Waals surface area contributed by atoms with Crippen molar-refractivity contribution in [3.63, 3.8) is 0 Å². The molecular weight excluding hydrogens is 452 g/mol. The van der Waals surface area contributed by atoms with Crippen LogP contribution in [0.4, 0.5) is 52.7 Å². The summed E-state index contributed by atoms with van der Waals surface area (Å²) in [5.41, 5.74) is 0. The summed E-state index contributed by atoms with van der Waals surface area (Å²) in [7, 11) is 0. The van der Waals surface area contributed by atoms with Gasteiger partial charge >= 0.3 is 25.2 Å². The van der Waals surface area contributed by atoms with Gasteiger partial charge in [0.1, 0.15) is 0 Å². The molecule has 4 heterocycles. The van der Waals surface area contributed by atoms with Crippen LogP contribution < -0.4 is 5.01 Å². The Morgan fingerprint density at radius 2 is 0.967 bits per heavy atom. The summed E-state index contributed by atoms with van der Waals surface area (Å²) in [4.78, 5) is 0. The summed E-state index contributed by atoms with van der Waals surface area (Å²) in [6, 6.07) is -8.19. The molecule has 0 N–H and O–H groups in total. The van der Waals surface area contributed by atoms with Crippen molar-refractivity contribution < 1.29 is 52.7 Å². The Morgan fingerprint density at radius 1 is 0.533 bits per heavy atom. The van der Waals surface area contributed by atoms with Crippen LogP contribution in [0.25, 0.3) is 0 Å². The monoisotopic (exact) mass is 466 g/mol. The van der Waals surface area contributed by atoms with Gasteiger partial charge in [-0.2, -0.15) is 39.5 Å². The summed E-state index contributed by atoms with van der Waals surface area (Å²) in [5.74, 6) is -3.30. The quantitative estimate of drug-likeness (QED) is 0.302. The lowest BCUT2D eigenvalue weighted by Gasteiger charge is -2.65. The summed E-state index contributed by atoms with van der Waals surface area (Å²) in [6.07, 6.45) is -24.3. The highest BCUT2D eigenvalue weighted by molar-refractivity contribution is 5.15. The van der Waals surface area contributed by atoms with Crippen LogP contribution in [-0.4, -0.2) is 64.4 Å². The normalized spacial score (nSPS) is 39.6. The van der Waals surface area contributed by atoms with E-state index in [1.165, 1.54) is 0 Å². The van der Waals surface area contributed by atoms with Crippen LogP contribution in [-0.2, 0) is 0 Å². The molecule has 16 heteroatoms. The minimum Gasteiger partial charge on any atom is -0.154 e. The number of hydrogen-bond donors (Lipinski definition) is 0. The lowest BCUT2D eigenvalue weighted by atomic mass is 9.58. The Balaban J connectivity index is 1.85. The van der Waals surface area contributed by atoms with Gasteiger partial charge < -0.3 is 0 Å². The van der Waals surface area contributed by atoms with Gasteiger partial charge in [0.2, 0.25) is 0 Å². The molecule has 30 heavy (non-hydrogen) atoms. The molecular formula is C14H14F12N4+. The molecule has 4 nitrogen and oxygen atoms in total. The van der Waals surface area contributed by atoms with E-state index in [4.69, 9.17) is 0 Å². The fraction of sp³-hybridized carbons (Fsp3) is 1.00. The molecule has 6 fully saturated rings. The van der Waals surface area contributed by atoms with Gasteiger partial charge in [-0.05, 0) is 19.3 Å². The van der Waals surface area contributed by atoms with Crippen molar-refractivity contribution in [3.8, 4) is 0 Å². The van der Waals surface area contributed by atoms with Gasteiger partial charge in [0.15, 0.2) is 6.04 Å². The van der Waals surface area contributed by atoms with Crippen molar-refractivity contribution in [2.75, 3.05) is 0 Å². The van der Waals surface area contributed by atoms with Crippen molar-refractivity contribution in [1.29, 1.82) is 0 Å².